The summed E-state index contributed by atoms with van der Waals surface area (Å²) in [6, 6.07) is 7.30. The molecule has 19 heavy (non-hydrogen) atoms. The van der Waals surface area contributed by atoms with E-state index < -0.39 is 17.7 Å². The lowest BCUT2D eigenvalue weighted by Crippen LogP contribution is -2.05. The van der Waals surface area contributed by atoms with Crippen molar-refractivity contribution in [1.29, 1.82) is 0 Å². The molecule has 0 fully saturated rings. The number of hydrogen-bond donors (Lipinski definition) is 1. The van der Waals surface area contributed by atoms with Crippen LogP contribution in [0.3, 0.4) is 0 Å². The lowest BCUT2D eigenvalue weighted by Gasteiger charge is -2.15. The molecule has 0 bridgehead atoms. The van der Waals surface area contributed by atoms with Gasteiger partial charge in [-0.25, -0.2) is 8.78 Å². The fourth-order valence-corrected chi connectivity index (χ4v) is 2.96. The molecule has 2 aromatic rings. The van der Waals surface area contributed by atoms with Crippen molar-refractivity contribution in [2.24, 2.45) is 0 Å². The van der Waals surface area contributed by atoms with Gasteiger partial charge in [0.1, 0.15) is 17.7 Å². The highest BCUT2D eigenvalue weighted by Crippen LogP contribution is 2.32. The van der Waals surface area contributed by atoms with Crippen LogP contribution in [0.15, 0.2) is 39.3 Å². The van der Waals surface area contributed by atoms with Gasteiger partial charge in [0.25, 0.3) is 0 Å². The van der Waals surface area contributed by atoms with Crippen LogP contribution in [0.25, 0.3) is 0 Å². The predicted molar refractivity (Wildman–Crippen MR) is 85.0 cm³/mol. The van der Waals surface area contributed by atoms with E-state index in [9.17, 15) is 13.9 Å². The minimum Gasteiger partial charge on any atom is -0.384 e. The van der Waals surface area contributed by atoms with Crippen LogP contribution in [-0.4, -0.2) is 5.11 Å². The molecular weight excluding hydrogens is 497 g/mol. The van der Waals surface area contributed by atoms with Crippen molar-refractivity contribution in [1.82, 2.24) is 0 Å². The lowest BCUT2D eigenvalue weighted by atomic mass is 10.0. The molecule has 0 aliphatic carbocycles. The highest BCUT2D eigenvalue weighted by Gasteiger charge is 2.20. The van der Waals surface area contributed by atoms with Gasteiger partial charge in [-0.1, -0.05) is 15.9 Å². The quantitative estimate of drug-likeness (QED) is 0.442. The third kappa shape index (κ3) is 3.34. The molecule has 1 nitrogen and oxygen atoms in total. The van der Waals surface area contributed by atoms with Crippen LogP contribution < -0.4 is 0 Å². The summed E-state index contributed by atoms with van der Waals surface area (Å²) in [4.78, 5) is 0. The summed E-state index contributed by atoms with van der Waals surface area (Å²) in [6.07, 6.45) is -1.22. The second-order valence-corrected chi connectivity index (χ2v) is 6.79. The average molecular weight is 504 g/mol. The number of benzene rings is 2. The third-order valence-electron chi connectivity index (χ3n) is 2.59. The van der Waals surface area contributed by atoms with Crippen LogP contribution in [0.5, 0.6) is 0 Å². The van der Waals surface area contributed by atoms with E-state index in [2.05, 4.69) is 31.9 Å². The first-order valence-corrected chi connectivity index (χ1v) is 7.84. The van der Waals surface area contributed by atoms with Crippen molar-refractivity contribution in [3.63, 3.8) is 0 Å². The first-order chi connectivity index (χ1) is 8.90. The fraction of sp³-hybridized carbons (Fsp3) is 0.0769. The van der Waals surface area contributed by atoms with Crippen molar-refractivity contribution < 1.29 is 13.9 Å². The Hall–Kier alpha value is -0.0500. The molecule has 100 valence electrons. The molecule has 0 spiro atoms. The first-order valence-electron chi connectivity index (χ1n) is 5.17. The zero-order chi connectivity index (χ0) is 14.2. The fourth-order valence-electron chi connectivity index (χ4n) is 1.64. The average Bonchev–Trinajstić information content (AvgIpc) is 2.36. The Labute approximate surface area is 139 Å². The van der Waals surface area contributed by atoms with Crippen molar-refractivity contribution >= 4 is 54.5 Å². The molecule has 0 saturated heterocycles. The summed E-state index contributed by atoms with van der Waals surface area (Å²) in [5.41, 5.74) is 0.437. The molecular formula is C13H7Br2F2IO. The maximum Gasteiger partial charge on any atom is 0.137 e. The van der Waals surface area contributed by atoms with Gasteiger partial charge in [0.2, 0.25) is 0 Å². The van der Waals surface area contributed by atoms with Crippen LogP contribution >= 0.6 is 54.5 Å². The van der Waals surface area contributed by atoms with Crippen molar-refractivity contribution in [2.45, 2.75) is 6.10 Å². The molecule has 1 N–H and O–H groups in total. The topological polar surface area (TPSA) is 20.2 Å². The van der Waals surface area contributed by atoms with Gasteiger partial charge < -0.3 is 5.11 Å². The number of hydrogen-bond acceptors (Lipinski definition) is 1. The highest BCUT2D eigenvalue weighted by atomic mass is 127. The van der Waals surface area contributed by atoms with Gasteiger partial charge in [-0.05, 0) is 74.4 Å². The van der Waals surface area contributed by atoms with E-state index in [0.717, 1.165) is 20.2 Å². The molecule has 0 aliphatic rings. The summed E-state index contributed by atoms with van der Waals surface area (Å²) in [7, 11) is 0. The number of aliphatic hydroxyl groups is 1. The Kier molecular flexibility index (Phi) is 4.97. The number of rotatable bonds is 2. The summed E-state index contributed by atoms with van der Waals surface area (Å²) in [5.74, 6) is -1.27. The van der Waals surface area contributed by atoms with Gasteiger partial charge in [0.05, 0.1) is 4.47 Å². The van der Waals surface area contributed by atoms with Crippen LogP contribution in [0.2, 0.25) is 0 Å². The molecule has 0 saturated carbocycles. The molecule has 0 aliphatic heterocycles. The Bertz CT molecular complexity index is 634. The van der Waals surface area contributed by atoms with Crippen molar-refractivity contribution in [3.8, 4) is 0 Å². The second-order valence-electron chi connectivity index (χ2n) is 3.86. The molecule has 0 heterocycles. The molecule has 0 aromatic heterocycles. The van der Waals surface area contributed by atoms with Crippen LogP contribution in [0.4, 0.5) is 8.78 Å². The summed E-state index contributed by atoms with van der Waals surface area (Å²) < 4.78 is 28.9. The number of halogens is 5. The lowest BCUT2D eigenvalue weighted by molar-refractivity contribution is 0.213. The zero-order valence-corrected chi connectivity index (χ0v) is 14.6. The summed E-state index contributed by atoms with van der Waals surface area (Å²) >= 11 is 8.24. The normalized spacial score (nSPS) is 12.5. The van der Waals surface area contributed by atoms with Gasteiger partial charge in [0.15, 0.2) is 0 Å². The van der Waals surface area contributed by atoms with E-state index in [1.165, 1.54) is 0 Å². The van der Waals surface area contributed by atoms with E-state index >= 15 is 0 Å². The predicted octanol–water partition coefficient (Wildman–Crippen LogP) is 5.18. The summed E-state index contributed by atoms with van der Waals surface area (Å²) in [6.45, 7) is 0. The Morgan fingerprint density at radius 1 is 1.00 bits per heavy atom. The largest absolute Gasteiger partial charge is 0.384 e. The van der Waals surface area contributed by atoms with E-state index in [1.54, 1.807) is 12.1 Å². The van der Waals surface area contributed by atoms with Crippen LogP contribution in [0, 0.1) is 15.2 Å². The van der Waals surface area contributed by atoms with Crippen LogP contribution in [0.1, 0.15) is 17.2 Å². The molecule has 1 atom stereocenters. The summed E-state index contributed by atoms with van der Waals surface area (Å²) in [5, 5.41) is 10.2. The molecule has 2 rings (SSSR count). The molecule has 6 heteroatoms. The Morgan fingerprint density at radius 3 is 2.37 bits per heavy atom. The molecule has 1 unspecified atom stereocenters. The zero-order valence-electron chi connectivity index (χ0n) is 9.30. The van der Waals surface area contributed by atoms with Gasteiger partial charge in [-0.15, -0.1) is 0 Å². The maximum absolute atomic E-state index is 13.8. The standard InChI is InChI=1S/C13H7Br2F2IO/c14-6-1-2-12(18)8(3-6)13(19)7-4-11(17)9(15)5-10(7)16/h1-5,13,19H. The van der Waals surface area contributed by atoms with E-state index in [-0.39, 0.29) is 10.0 Å². The van der Waals surface area contributed by atoms with Crippen molar-refractivity contribution in [3.05, 3.63) is 65.6 Å². The Morgan fingerprint density at radius 2 is 1.68 bits per heavy atom. The number of aliphatic hydroxyl groups excluding tert-OH is 1. The molecule has 0 radical (unpaired) electrons. The smallest absolute Gasteiger partial charge is 0.137 e. The van der Waals surface area contributed by atoms with Gasteiger partial charge in [-0.2, -0.15) is 0 Å². The van der Waals surface area contributed by atoms with Crippen molar-refractivity contribution in [2.75, 3.05) is 0 Å². The second kappa shape index (κ2) is 6.15. The van der Waals surface area contributed by atoms with Gasteiger partial charge in [-0.3, -0.25) is 0 Å². The maximum atomic E-state index is 13.8. The minimum atomic E-state index is -1.22. The monoisotopic (exact) mass is 502 g/mol. The first kappa shape index (κ1) is 15.3. The molecule has 2 aromatic carbocycles. The van der Waals surface area contributed by atoms with E-state index in [4.69, 9.17) is 0 Å². The third-order valence-corrected chi connectivity index (χ3v) is 4.67. The Balaban J connectivity index is 2.52. The minimum absolute atomic E-state index is 0.0323. The van der Waals surface area contributed by atoms with Crippen LogP contribution in [-0.2, 0) is 0 Å². The van der Waals surface area contributed by atoms with E-state index in [1.807, 2.05) is 28.7 Å². The van der Waals surface area contributed by atoms with E-state index in [0.29, 0.717) is 5.56 Å². The SMILES string of the molecule is OC(c1cc(F)c(Br)cc1F)c1cc(Br)ccc1I. The molecule has 0 amide bonds. The van der Waals surface area contributed by atoms with Gasteiger partial charge >= 0.3 is 0 Å². The van der Waals surface area contributed by atoms with Gasteiger partial charge in [0, 0.05) is 13.6 Å². The highest BCUT2D eigenvalue weighted by molar-refractivity contribution is 14.1.